The van der Waals surface area contributed by atoms with Crippen molar-refractivity contribution in [1.29, 1.82) is 5.26 Å². The monoisotopic (exact) mass is 227 g/mol. The van der Waals surface area contributed by atoms with Crippen LogP contribution in [-0.2, 0) is 4.74 Å². The number of thioether (sulfide) groups is 1. The number of hydrogen-bond acceptors (Lipinski definition) is 4. The number of ether oxygens (including phenoxy) is 1. The van der Waals surface area contributed by atoms with Gasteiger partial charge in [0.05, 0.1) is 6.04 Å². The number of aliphatic imine (C=N–C) groups is 1. The molecule has 0 amide bonds. The van der Waals surface area contributed by atoms with Crippen molar-refractivity contribution in [2.24, 2.45) is 10.9 Å². The molecular weight excluding hydrogens is 210 g/mol. The van der Waals surface area contributed by atoms with Crippen LogP contribution in [0.5, 0.6) is 0 Å². The third-order valence-corrected chi connectivity index (χ3v) is 3.22. The van der Waals surface area contributed by atoms with Crippen molar-refractivity contribution in [2.45, 2.75) is 25.8 Å². The van der Waals surface area contributed by atoms with Gasteiger partial charge in [0.2, 0.25) is 0 Å². The summed E-state index contributed by atoms with van der Waals surface area (Å²) < 4.78 is 5.31. The highest BCUT2D eigenvalue weighted by Crippen LogP contribution is 2.21. The van der Waals surface area contributed by atoms with Crippen molar-refractivity contribution in [2.75, 3.05) is 19.5 Å². The third-order valence-electron chi connectivity index (χ3n) is 2.63. The number of nitrogens with zero attached hydrogens (tertiary/aromatic N) is 2. The Morgan fingerprint density at radius 3 is 2.80 bits per heavy atom. The summed E-state index contributed by atoms with van der Waals surface area (Å²) in [7, 11) is 0. The zero-order chi connectivity index (χ0) is 11.1. The minimum atomic E-state index is 0.261. The van der Waals surface area contributed by atoms with Gasteiger partial charge in [0.15, 0.2) is 11.4 Å². The molecule has 0 aliphatic carbocycles. The Morgan fingerprint density at radius 1 is 1.60 bits per heavy atom. The third kappa shape index (κ3) is 4.10. The van der Waals surface area contributed by atoms with E-state index in [1.807, 2.05) is 12.4 Å². The van der Waals surface area contributed by atoms with Crippen LogP contribution in [0.25, 0.3) is 0 Å². The normalized spacial score (nSPS) is 20.7. The van der Waals surface area contributed by atoms with Gasteiger partial charge in [0.1, 0.15) is 0 Å². The van der Waals surface area contributed by atoms with Gasteiger partial charge in [-0.25, -0.2) is 0 Å². The molecule has 1 atom stereocenters. The predicted octanol–water partition coefficient (Wildman–Crippen LogP) is 1.59. The lowest BCUT2D eigenvalue weighted by Crippen LogP contribution is -2.26. The van der Waals surface area contributed by atoms with Crippen LogP contribution in [-0.4, -0.2) is 30.7 Å². The number of hydrogen-bond donors (Lipinski definition) is 1. The van der Waals surface area contributed by atoms with Crippen LogP contribution in [0.4, 0.5) is 0 Å². The lowest BCUT2D eigenvalue weighted by molar-refractivity contribution is 0.0606. The largest absolute Gasteiger partial charge is 0.381 e. The molecule has 1 aliphatic rings. The maximum Gasteiger partial charge on any atom is 0.183 e. The Bertz CT molecular complexity index is 256. The van der Waals surface area contributed by atoms with Gasteiger partial charge in [-0.15, -0.1) is 0 Å². The minimum absolute atomic E-state index is 0.261. The highest BCUT2D eigenvalue weighted by Gasteiger charge is 2.20. The molecule has 5 heteroatoms. The van der Waals surface area contributed by atoms with Crippen LogP contribution < -0.4 is 5.32 Å². The molecule has 0 spiro atoms. The molecule has 1 heterocycles. The molecule has 1 rings (SSSR count). The quantitative estimate of drug-likeness (QED) is 0.337. The van der Waals surface area contributed by atoms with Gasteiger partial charge in [-0.2, -0.15) is 5.26 Å². The molecule has 1 unspecified atom stereocenters. The van der Waals surface area contributed by atoms with Crippen molar-refractivity contribution in [3.63, 3.8) is 0 Å². The summed E-state index contributed by atoms with van der Waals surface area (Å²) >= 11 is 1.47. The summed E-state index contributed by atoms with van der Waals surface area (Å²) in [5, 5.41) is 11.8. The summed E-state index contributed by atoms with van der Waals surface area (Å²) in [6, 6.07) is 0.261. The molecule has 0 radical (unpaired) electrons. The average Bonchev–Trinajstić information content (AvgIpc) is 2.29. The Kier molecular flexibility index (Phi) is 5.51. The molecule has 84 valence electrons. The second kappa shape index (κ2) is 6.70. The molecule has 0 aromatic heterocycles. The van der Waals surface area contributed by atoms with Gasteiger partial charge in [0.25, 0.3) is 0 Å². The van der Waals surface area contributed by atoms with Crippen molar-refractivity contribution in [3.8, 4) is 6.19 Å². The molecule has 1 fully saturated rings. The molecule has 0 aromatic rings. The number of nitriles is 1. The second-order valence-electron chi connectivity index (χ2n) is 3.57. The van der Waals surface area contributed by atoms with E-state index >= 15 is 0 Å². The van der Waals surface area contributed by atoms with Crippen molar-refractivity contribution in [3.05, 3.63) is 0 Å². The van der Waals surface area contributed by atoms with E-state index in [9.17, 15) is 0 Å². The summed E-state index contributed by atoms with van der Waals surface area (Å²) in [6.07, 6.45) is 5.95. The average molecular weight is 227 g/mol. The van der Waals surface area contributed by atoms with E-state index in [0.29, 0.717) is 11.1 Å². The number of amidine groups is 1. The number of rotatable bonds is 2. The van der Waals surface area contributed by atoms with Gasteiger partial charge in [0, 0.05) is 13.2 Å². The SMILES string of the molecule is CSC(=NC(C)C1CCOCC1)NC#N. The fourth-order valence-electron chi connectivity index (χ4n) is 1.67. The van der Waals surface area contributed by atoms with E-state index in [-0.39, 0.29) is 6.04 Å². The van der Waals surface area contributed by atoms with Crippen LogP contribution in [0, 0.1) is 17.4 Å². The Labute approximate surface area is 95.1 Å². The molecule has 4 nitrogen and oxygen atoms in total. The van der Waals surface area contributed by atoms with E-state index in [0.717, 1.165) is 26.1 Å². The highest BCUT2D eigenvalue weighted by molar-refractivity contribution is 8.13. The van der Waals surface area contributed by atoms with Crippen LogP contribution in [0.1, 0.15) is 19.8 Å². The molecule has 0 saturated carbocycles. The van der Waals surface area contributed by atoms with Crippen LogP contribution in [0.2, 0.25) is 0 Å². The zero-order valence-electron chi connectivity index (χ0n) is 9.19. The first-order valence-electron chi connectivity index (χ1n) is 5.12. The fraction of sp³-hybridized carbons (Fsp3) is 0.800. The van der Waals surface area contributed by atoms with Crippen molar-refractivity contribution < 1.29 is 4.74 Å². The van der Waals surface area contributed by atoms with Gasteiger partial charge in [-0.1, -0.05) is 11.8 Å². The highest BCUT2D eigenvalue weighted by atomic mass is 32.2. The summed E-state index contributed by atoms with van der Waals surface area (Å²) in [5.74, 6) is 0.585. The maximum atomic E-state index is 8.52. The first-order chi connectivity index (χ1) is 7.27. The molecule has 0 bridgehead atoms. The molecule has 15 heavy (non-hydrogen) atoms. The van der Waals surface area contributed by atoms with Gasteiger partial charge < -0.3 is 4.74 Å². The molecule has 0 aromatic carbocycles. The van der Waals surface area contributed by atoms with E-state index in [1.54, 1.807) is 0 Å². The molecular formula is C10H17N3OS. The molecule has 1 N–H and O–H groups in total. The van der Waals surface area contributed by atoms with E-state index in [2.05, 4.69) is 17.2 Å². The summed E-state index contributed by atoms with van der Waals surface area (Å²) in [5.41, 5.74) is 0. The fourth-order valence-corrected chi connectivity index (χ4v) is 2.09. The lowest BCUT2D eigenvalue weighted by Gasteiger charge is -2.25. The Hall–Kier alpha value is -0.730. The lowest BCUT2D eigenvalue weighted by atomic mass is 9.93. The standard InChI is InChI=1S/C10H17N3OS/c1-8(9-3-5-14-6-4-9)13-10(15-2)12-7-11/h8-9H,3-6H2,1-2H3,(H,12,13). The summed E-state index contributed by atoms with van der Waals surface area (Å²) in [4.78, 5) is 4.50. The van der Waals surface area contributed by atoms with E-state index in [1.165, 1.54) is 11.8 Å². The van der Waals surface area contributed by atoms with Gasteiger partial charge in [-0.05, 0) is 31.9 Å². The number of nitrogens with one attached hydrogen (secondary N) is 1. The topological polar surface area (TPSA) is 57.4 Å². The second-order valence-corrected chi connectivity index (χ2v) is 4.36. The van der Waals surface area contributed by atoms with Crippen LogP contribution in [0.15, 0.2) is 4.99 Å². The van der Waals surface area contributed by atoms with Crippen molar-refractivity contribution in [1.82, 2.24) is 5.32 Å². The van der Waals surface area contributed by atoms with Gasteiger partial charge in [-0.3, -0.25) is 10.3 Å². The van der Waals surface area contributed by atoms with Gasteiger partial charge >= 0.3 is 0 Å². The van der Waals surface area contributed by atoms with E-state index < -0.39 is 0 Å². The smallest absolute Gasteiger partial charge is 0.183 e. The van der Waals surface area contributed by atoms with Crippen LogP contribution >= 0.6 is 11.8 Å². The van der Waals surface area contributed by atoms with Crippen molar-refractivity contribution >= 4 is 16.9 Å². The van der Waals surface area contributed by atoms with Crippen LogP contribution in [0.3, 0.4) is 0 Å². The first kappa shape index (κ1) is 12.3. The molecule has 1 saturated heterocycles. The predicted molar refractivity (Wildman–Crippen MR) is 62.7 cm³/mol. The maximum absolute atomic E-state index is 8.52. The van der Waals surface area contributed by atoms with E-state index in [4.69, 9.17) is 10.00 Å². The minimum Gasteiger partial charge on any atom is -0.381 e. The summed E-state index contributed by atoms with van der Waals surface area (Å²) in [6.45, 7) is 3.78. The zero-order valence-corrected chi connectivity index (χ0v) is 10.0. The Morgan fingerprint density at radius 2 is 2.27 bits per heavy atom. The Balaban J connectivity index is 2.50. The first-order valence-corrected chi connectivity index (χ1v) is 6.35. The molecule has 1 aliphatic heterocycles.